The summed E-state index contributed by atoms with van der Waals surface area (Å²) >= 11 is 2.42. The van der Waals surface area contributed by atoms with E-state index >= 15 is 0 Å². The Balaban J connectivity index is 1.74. The molecule has 9 heteroatoms. The van der Waals surface area contributed by atoms with Crippen molar-refractivity contribution in [2.45, 2.75) is 38.3 Å². The fourth-order valence-electron chi connectivity index (χ4n) is 3.02. The molecule has 0 atom stereocenters. The van der Waals surface area contributed by atoms with Gasteiger partial charge in [-0.2, -0.15) is 0 Å². The first-order valence-corrected chi connectivity index (χ1v) is 12.2. The lowest BCUT2D eigenvalue weighted by Crippen LogP contribution is -2.17. The van der Waals surface area contributed by atoms with Gasteiger partial charge < -0.3 is 15.0 Å². The Kier molecular flexibility index (Phi) is 8.64. The van der Waals surface area contributed by atoms with Crippen LogP contribution < -0.4 is 10.9 Å². The number of hydrogen-bond acceptors (Lipinski definition) is 7. The number of thiophene rings is 1. The van der Waals surface area contributed by atoms with Crippen molar-refractivity contribution in [3.63, 3.8) is 0 Å². The van der Waals surface area contributed by atoms with Gasteiger partial charge in [-0.15, -0.1) is 11.3 Å². The molecule has 1 aromatic carbocycles. The Morgan fingerprint density at radius 1 is 1.22 bits per heavy atom. The average molecular weight is 472 g/mol. The summed E-state index contributed by atoms with van der Waals surface area (Å²) in [5.41, 5.74) is 2.41. The normalized spacial score (nSPS) is 10.7. The fourth-order valence-corrected chi connectivity index (χ4v) is 4.69. The number of aryl methyl sites for hydroxylation is 1. The van der Waals surface area contributed by atoms with Gasteiger partial charge in [0.05, 0.1) is 12.4 Å². The molecule has 0 unspecified atom stereocenters. The molecule has 0 aliphatic rings. The number of nitrogens with one attached hydrogen (secondary N) is 2. The van der Waals surface area contributed by atoms with Crippen LogP contribution in [0.2, 0.25) is 0 Å². The van der Waals surface area contributed by atoms with Gasteiger partial charge in [0.15, 0.2) is 5.16 Å². The number of rotatable bonds is 10. The molecule has 168 valence electrons. The summed E-state index contributed by atoms with van der Waals surface area (Å²) in [5, 5.41) is 5.49. The number of benzene rings is 1. The zero-order valence-corrected chi connectivity index (χ0v) is 19.6. The van der Waals surface area contributed by atoms with Gasteiger partial charge in [-0.05, 0) is 25.3 Å². The van der Waals surface area contributed by atoms with Crippen molar-refractivity contribution in [1.29, 1.82) is 0 Å². The van der Waals surface area contributed by atoms with Gasteiger partial charge in [0.2, 0.25) is 5.91 Å². The van der Waals surface area contributed by atoms with Crippen molar-refractivity contribution in [3.05, 3.63) is 63.4 Å². The largest absolute Gasteiger partial charge is 0.462 e. The lowest BCUT2D eigenvalue weighted by Gasteiger charge is -2.09. The van der Waals surface area contributed by atoms with E-state index in [1.165, 1.54) is 17.4 Å². The molecule has 0 saturated heterocycles. The van der Waals surface area contributed by atoms with E-state index in [0.717, 1.165) is 36.6 Å². The fraction of sp³-hybridized carbons (Fsp3) is 0.304. The number of nitrogens with zero attached hydrogens (tertiary/aromatic N) is 1. The maximum atomic E-state index is 12.6. The number of esters is 1. The molecule has 0 aliphatic carbocycles. The molecule has 3 aromatic rings. The highest BCUT2D eigenvalue weighted by Gasteiger charge is 2.22. The Labute approximate surface area is 194 Å². The monoisotopic (exact) mass is 471 g/mol. The zero-order valence-electron chi connectivity index (χ0n) is 18.0. The van der Waals surface area contributed by atoms with Gasteiger partial charge >= 0.3 is 5.97 Å². The molecule has 0 fully saturated rings. The summed E-state index contributed by atoms with van der Waals surface area (Å²) < 4.78 is 5.22. The third-order valence-corrected chi connectivity index (χ3v) is 6.28. The van der Waals surface area contributed by atoms with Crippen molar-refractivity contribution in [3.8, 4) is 11.1 Å². The van der Waals surface area contributed by atoms with Crippen molar-refractivity contribution < 1.29 is 14.3 Å². The molecule has 2 heterocycles. The van der Waals surface area contributed by atoms with E-state index in [0.29, 0.717) is 27.0 Å². The first-order valence-electron chi connectivity index (χ1n) is 10.4. The first kappa shape index (κ1) is 23.7. The van der Waals surface area contributed by atoms with Crippen LogP contribution in [0.4, 0.5) is 5.00 Å². The molecule has 0 aliphatic heterocycles. The number of amides is 1. The number of carbonyl (C=O) groups is 2. The maximum Gasteiger partial charge on any atom is 0.341 e. The van der Waals surface area contributed by atoms with Gasteiger partial charge in [-0.3, -0.25) is 9.59 Å². The summed E-state index contributed by atoms with van der Waals surface area (Å²) in [6, 6.07) is 11.0. The Morgan fingerprint density at radius 3 is 2.72 bits per heavy atom. The summed E-state index contributed by atoms with van der Waals surface area (Å²) in [5.74, 6) is -0.741. The molecule has 32 heavy (non-hydrogen) atoms. The molecule has 7 nitrogen and oxygen atoms in total. The molecule has 0 bridgehead atoms. The van der Waals surface area contributed by atoms with Crippen LogP contribution in [0.25, 0.3) is 11.1 Å². The molecule has 0 radical (unpaired) electrons. The topological polar surface area (TPSA) is 101 Å². The van der Waals surface area contributed by atoms with E-state index in [1.54, 1.807) is 6.92 Å². The quantitative estimate of drug-likeness (QED) is 0.251. The van der Waals surface area contributed by atoms with Crippen LogP contribution in [-0.2, 0) is 16.0 Å². The zero-order chi connectivity index (χ0) is 22.9. The predicted octanol–water partition coefficient (Wildman–Crippen LogP) is 4.75. The van der Waals surface area contributed by atoms with Gasteiger partial charge in [-0.25, -0.2) is 9.78 Å². The lowest BCUT2D eigenvalue weighted by atomic mass is 10.0. The van der Waals surface area contributed by atoms with Crippen molar-refractivity contribution >= 4 is 40.0 Å². The second kappa shape index (κ2) is 11.6. The maximum absolute atomic E-state index is 12.6. The molecule has 2 aromatic heterocycles. The second-order valence-corrected chi connectivity index (χ2v) is 8.77. The highest BCUT2D eigenvalue weighted by Crippen LogP contribution is 2.36. The van der Waals surface area contributed by atoms with E-state index < -0.39 is 5.97 Å². The number of H-pyrrole nitrogens is 1. The Hall–Kier alpha value is -2.91. The third kappa shape index (κ3) is 6.30. The SMILES string of the molecule is CCCCc1cc(=O)[nH]c(SCC(=O)Nc2scc(-c3ccccc3)c2C(=O)OCC)n1. The summed E-state index contributed by atoms with van der Waals surface area (Å²) in [6.07, 6.45) is 2.67. The van der Waals surface area contributed by atoms with Crippen LogP contribution in [0.1, 0.15) is 42.7 Å². The smallest absolute Gasteiger partial charge is 0.341 e. The Morgan fingerprint density at radius 2 is 2.00 bits per heavy atom. The number of anilines is 1. The van der Waals surface area contributed by atoms with Crippen LogP contribution in [0.3, 0.4) is 0 Å². The van der Waals surface area contributed by atoms with Crippen LogP contribution in [0, 0.1) is 0 Å². The minimum Gasteiger partial charge on any atom is -0.462 e. The molecule has 3 rings (SSSR count). The van der Waals surface area contributed by atoms with Crippen LogP contribution in [0.15, 0.2) is 51.7 Å². The highest BCUT2D eigenvalue weighted by atomic mass is 32.2. The van der Waals surface area contributed by atoms with E-state index in [9.17, 15) is 14.4 Å². The van der Waals surface area contributed by atoms with Crippen LogP contribution >= 0.6 is 23.1 Å². The van der Waals surface area contributed by atoms with Gasteiger partial charge in [0.25, 0.3) is 5.56 Å². The third-order valence-electron chi connectivity index (χ3n) is 4.51. The number of ether oxygens (including phenoxy) is 1. The minimum absolute atomic E-state index is 0.0427. The number of carbonyl (C=O) groups excluding carboxylic acids is 2. The molecular formula is C23H25N3O4S2. The predicted molar refractivity (Wildman–Crippen MR) is 129 cm³/mol. The van der Waals surface area contributed by atoms with E-state index in [1.807, 2.05) is 35.7 Å². The highest BCUT2D eigenvalue weighted by molar-refractivity contribution is 7.99. The van der Waals surface area contributed by atoms with Gasteiger partial charge in [0.1, 0.15) is 10.6 Å². The first-order chi connectivity index (χ1) is 15.5. The van der Waals surface area contributed by atoms with Gasteiger partial charge in [0, 0.05) is 22.7 Å². The number of unbranched alkanes of at least 4 members (excludes halogenated alkanes) is 1. The molecule has 0 saturated carbocycles. The summed E-state index contributed by atoms with van der Waals surface area (Å²) in [6.45, 7) is 4.05. The minimum atomic E-state index is -0.481. The standard InChI is InChI=1S/C23H25N3O4S2/c1-3-5-11-16-12-18(27)26-23(24-16)32-14-19(28)25-21-20(22(29)30-4-2)17(13-31-21)15-9-7-6-8-10-15/h6-10,12-13H,3-5,11,14H2,1-2H3,(H,25,28)(H,24,26,27). The van der Waals surface area contributed by atoms with E-state index in [4.69, 9.17) is 4.74 Å². The number of hydrogen-bond donors (Lipinski definition) is 2. The number of thioether (sulfide) groups is 1. The molecule has 1 amide bonds. The molecule has 0 spiro atoms. The van der Waals surface area contributed by atoms with Crippen molar-refractivity contribution in [1.82, 2.24) is 9.97 Å². The second-order valence-electron chi connectivity index (χ2n) is 6.92. The van der Waals surface area contributed by atoms with Crippen LogP contribution in [0.5, 0.6) is 0 Å². The van der Waals surface area contributed by atoms with E-state index in [-0.39, 0.29) is 23.8 Å². The van der Waals surface area contributed by atoms with Crippen LogP contribution in [-0.4, -0.2) is 34.2 Å². The summed E-state index contributed by atoms with van der Waals surface area (Å²) in [7, 11) is 0. The lowest BCUT2D eigenvalue weighted by molar-refractivity contribution is -0.113. The number of aromatic amines is 1. The number of aromatic nitrogens is 2. The summed E-state index contributed by atoms with van der Waals surface area (Å²) in [4.78, 5) is 44.2. The van der Waals surface area contributed by atoms with Crippen molar-refractivity contribution in [2.75, 3.05) is 17.7 Å². The van der Waals surface area contributed by atoms with Crippen molar-refractivity contribution in [2.24, 2.45) is 0 Å². The molecule has 2 N–H and O–H groups in total. The average Bonchev–Trinajstić information content (AvgIpc) is 3.20. The van der Waals surface area contributed by atoms with E-state index in [2.05, 4.69) is 22.2 Å². The Bertz CT molecular complexity index is 1130. The molecular weight excluding hydrogens is 446 g/mol. The van der Waals surface area contributed by atoms with Gasteiger partial charge in [-0.1, -0.05) is 55.4 Å².